The van der Waals surface area contributed by atoms with Crippen LogP contribution >= 0.6 is 22.9 Å². The van der Waals surface area contributed by atoms with Crippen LogP contribution in [-0.4, -0.2) is 17.8 Å². The minimum atomic E-state index is -3.89. The quantitative estimate of drug-likeness (QED) is 0.765. The summed E-state index contributed by atoms with van der Waals surface area (Å²) >= 11 is 7.33. The van der Waals surface area contributed by atoms with Crippen molar-refractivity contribution < 1.29 is 8.42 Å². The van der Waals surface area contributed by atoms with Crippen LogP contribution in [0.5, 0.6) is 0 Å². The van der Waals surface area contributed by atoms with Crippen LogP contribution in [0.25, 0.3) is 4.96 Å². The first-order valence-electron chi connectivity index (χ1n) is 5.88. The van der Waals surface area contributed by atoms with E-state index in [0.717, 1.165) is 5.56 Å². The minimum absolute atomic E-state index is 0.0434. The number of nitrogens with two attached hydrogens (primary N) is 1. The van der Waals surface area contributed by atoms with Crippen LogP contribution in [0.2, 0.25) is 5.02 Å². The molecule has 0 atom stereocenters. The van der Waals surface area contributed by atoms with E-state index in [1.165, 1.54) is 15.7 Å². The normalized spacial score (nSPS) is 11.9. The van der Waals surface area contributed by atoms with Gasteiger partial charge in [-0.1, -0.05) is 17.7 Å². The average Bonchev–Trinajstić information content (AvgIpc) is 2.92. The summed E-state index contributed by atoms with van der Waals surface area (Å²) in [5.41, 5.74) is 6.92. The standard InChI is InChI=1S/C12H11ClN4O2S2/c1-7-2-3-8(13)9(6-7)16-21(18,19)11-10(14)15-12-17(11)4-5-20-12/h2-6,16H,14H2,1H3. The van der Waals surface area contributed by atoms with E-state index in [1.54, 1.807) is 29.8 Å². The maximum atomic E-state index is 12.6. The first-order chi connectivity index (χ1) is 9.88. The third-order valence-electron chi connectivity index (χ3n) is 2.86. The highest BCUT2D eigenvalue weighted by molar-refractivity contribution is 7.92. The Kier molecular flexibility index (Phi) is 3.31. The number of halogens is 1. The van der Waals surface area contributed by atoms with Crippen molar-refractivity contribution in [3.8, 4) is 0 Å². The van der Waals surface area contributed by atoms with Crippen LogP contribution in [0.3, 0.4) is 0 Å². The molecule has 1 aromatic carbocycles. The van der Waals surface area contributed by atoms with Crippen LogP contribution in [0.15, 0.2) is 34.8 Å². The predicted molar refractivity (Wildman–Crippen MR) is 84.5 cm³/mol. The van der Waals surface area contributed by atoms with Crippen molar-refractivity contribution in [2.75, 3.05) is 10.5 Å². The maximum absolute atomic E-state index is 12.6. The molecule has 6 nitrogen and oxygen atoms in total. The molecular formula is C12H11ClN4O2S2. The molecule has 0 amide bonds. The molecule has 3 rings (SSSR count). The van der Waals surface area contributed by atoms with Gasteiger partial charge in [-0.3, -0.25) is 9.12 Å². The van der Waals surface area contributed by atoms with Gasteiger partial charge in [-0.05, 0) is 24.6 Å². The number of hydrogen-bond donors (Lipinski definition) is 2. The maximum Gasteiger partial charge on any atom is 0.281 e. The van der Waals surface area contributed by atoms with Crippen molar-refractivity contribution in [3.63, 3.8) is 0 Å². The molecule has 0 unspecified atom stereocenters. The van der Waals surface area contributed by atoms with Crippen molar-refractivity contribution in [1.29, 1.82) is 0 Å². The molecule has 0 radical (unpaired) electrons. The highest BCUT2D eigenvalue weighted by Crippen LogP contribution is 2.28. The number of nitrogens with one attached hydrogen (secondary N) is 1. The number of benzene rings is 1. The number of thiazole rings is 1. The zero-order chi connectivity index (χ0) is 15.2. The van der Waals surface area contributed by atoms with E-state index in [1.807, 2.05) is 6.92 Å². The van der Waals surface area contributed by atoms with E-state index in [2.05, 4.69) is 9.71 Å². The van der Waals surface area contributed by atoms with Crippen LogP contribution in [0.4, 0.5) is 11.5 Å². The minimum Gasteiger partial charge on any atom is -0.381 e. The Hall–Kier alpha value is -1.77. The Morgan fingerprint density at radius 2 is 2.19 bits per heavy atom. The van der Waals surface area contributed by atoms with Crippen molar-refractivity contribution in [2.24, 2.45) is 0 Å². The molecule has 0 saturated carbocycles. The number of anilines is 2. The number of fused-ring (bicyclic) bond motifs is 1. The Labute approximate surface area is 130 Å². The van der Waals surface area contributed by atoms with E-state index in [4.69, 9.17) is 17.3 Å². The summed E-state index contributed by atoms with van der Waals surface area (Å²) < 4.78 is 29.0. The summed E-state index contributed by atoms with van der Waals surface area (Å²) in [4.78, 5) is 4.54. The Bertz CT molecular complexity index is 930. The highest BCUT2D eigenvalue weighted by Gasteiger charge is 2.25. The van der Waals surface area contributed by atoms with E-state index < -0.39 is 10.0 Å². The van der Waals surface area contributed by atoms with Crippen molar-refractivity contribution >= 4 is 49.4 Å². The molecular weight excluding hydrogens is 332 g/mol. The summed E-state index contributed by atoms with van der Waals surface area (Å²) in [5.74, 6) is -0.0434. The first kappa shape index (κ1) is 14.2. The number of nitrogens with zero attached hydrogens (tertiary/aromatic N) is 2. The highest BCUT2D eigenvalue weighted by atomic mass is 35.5. The SMILES string of the molecule is Cc1ccc(Cl)c(NS(=O)(=O)c2c(N)nc3sccn23)c1. The van der Waals surface area contributed by atoms with Gasteiger partial charge in [0, 0.05) is 11.6 Å². The molecule has 0 bridgehead atoms. The van der Waals surface area contributed by atoms with Crippen molar-refractivity contribution in [3.05, 3.63) is 40.4 Å². The average molecular weight is 343 g/mol. The Balaban J connectivity index is 2.10. The van der Waals surface area contributed by atoms with Crippen LogP contribution in [0.1, 0.15) is 5.56 Å². The van der Waals surface area contributed by atoms with Gasteiger partial charge in [-0.25, -0.2) is 4.98 Å². The lowest BCUT2D eigenvalue weighted by Gasteiger charge is -2.10. The molecule has 9 heteroatoms. The second-order valence-electron chi connectivity index (χ2n) is 4.45. The second kappa shape index (κ2) is 4.90. The zero-order valence-electron chi connectivity index (χ0n) is 10.9. The second-order valence-corrected chi connectivity index (χ2v) is 7.32. The fourth-order valence-corrected chi connectivity index (χ4v) is 4.24. The molecule has 3 N–H and O–H groups in total. The summed E-state index contributed by atoms with van der Waals surface area (Å²) in [6, 6.07) is 5.08. The van der Waals surface area contributed by atoms with Gasteiger partial charge in [0.1, 0.15) is 0 Å². The van der Waals surface area contributed by atoms with Gasteiger partial charge < -0.3 is 5.73 Å². The van der Waals surface area contributed by atoms with E-state index >= 15 is 0 Å². The lowest BCUT2D eigenvalue weighted by molar-refractivity contribution is 0.597. The molecule has 2 aromatic heterocycles. The molecule has 2 heterocycles. The van der Waals surface area contributed by atoms with E-state index in [9.17, 15) is 8.42 Å². The predicted octanol–water partition coefficient (Wildman–Crippen LogP) is 2.74. The molecule has 0 aliphatic heterocycles. The molecule has 0 saturated heterocycles. The lowest BCUT2D eigenvalue weighted by Crippen LogP contribution is -2.16. The topological polar surface area (TPSA) is 89.5 Å². The smallest absolute Gasteiger partial charge is 0.281 e. The number of hydrogen-bond acceptors (Lipinski definition) is 5. The first-order valence-corrected chi connectivity index (χ1v) is 8.62. The molecule has 0 aliphatic carbocycles. The Morgan fingerprint density at radius 3 is 2.95 bits per heavy atom. The molecule has 0 aliphatic rings. The number of rotatable bonds is 3. The molecule has 110 valence electrons. The molecule has 3 aromatic rings. The fourth-order valence-electron chi connectivity index (χ4n) is 1.96. The summed E-state index contributed by atoms with van der Waals surface area (Å²) in [7, 11) is -3.89. The van der Waals surface area contributed by atoms with E-state index in [0.29, 0.717) is 15.7 Å². The zero-order valence-corrected chi connectivity index (χ0v) is 13.3. The van der Waals surface area contributed by atoms with Gasteiger partial charge in [0.15, 0.2) is 10.8 Å². The summed E-state index contributed by atoms with van der Waals surface area (Å²) in [5, 5.41) is 1.96. The summed E-state index contributed by atoms with van der Waals surface area (Å²) in [6.07, 6.45) is 1.61. The van der Waals surface area contributed by atoms with Crippen LogP contribution in [0, 0.1) is 6.92 Å². The molecule has 0 spiro atoms. The largest absolute Gasteiger partial charge is 0.381 e. The number of aryl methyl sites for hydroxylation is 1. The van der Waals surface area contributed by atoms with Crippen LogP contribution < -0.4 is 10.5 Å². The molecule has 21 heavy (non-hydrogen) atoms. The van der Waals surface area contributed by atoms with Gasteiger partial charge in [-0.15, -0.1) is 11.3 Å². The van der Waals surface area contributed by atoms with Gasteiger partial charge in [0.2, 0.25) is 5.03 Å². The fraction of sp³-hybridized carbons (Fsp3) is 0.0833. The number of sulfonamides is 1. The van der Waals surface area contributed by atoms with Crippen molar-refractivity contribution in [1.82, 2.24) is 9.38 Å². The van der Waals surface area contributed by atoms with Gasteiger partial charge in [0.25, 0.3) is 10.0 Å². The number of nitrogen functional groups attached to an aromatic ring is 1. The third kappa shape index (κ3) is 2.45. The number of aromatic nitrogens is 2. The monoisotopic (exact) mass is 342 g/mol. The Morgan fingerprint density at radius 1 is 1.43 bits per heavy atom. The number of imidazole rings is 1. The third-order valence-corrected chi connectivity index (χ3v) is 5.35. The van der Waals surface area contributed by atoms with Crippen molar-refractivity contribution in [2.45, 2.75) is 11.9 Å². The van der Waals surface area contributed by atoms with Gasteiger partial charge in [0.05, 0.1) is 10.7 Å². The molecule has 0 fully saturated rings. The van der Waals surface area contributed by atoms with E-state index in [-0.39, 0.29) is 10.8 Å². The van der Waals surface area contributed by atoms with Gasteiger partial charge >= 0.3 is 0 Å². The summed E-state index contributed by atoms with van der Waals surface area (Å²) in [6.45, 7) is 1.85. The van der Waals surface area contributed by atoms with Crippen LogP contribution in [-0.2, 0) is 10.0 Å². The lowest BCUT2D eigenvalue weighted by atomic mass is 10.2. The van der Waals surface area contributed by atoms with Gasteiger partial charge in [-0.2, -0.15) is 8.42 Å².